The van der Waals surface area contributed by atoms with E-state index in [0.29, 0.717) is 19.5 Å². The summed E-state index contributed by atoms with van der Waals surface area (Å²) >= 11 is 0. The first-order valence-electron chi connectivity index (χ1n) is 8.14. The summed E-state index contributed by atoms with van der Waals surface area (Å²) in [6, 6.07) is 4.38. The maximum absolute atomic E-state index is 12.7. The molecule has 24 heavy (non-hydrogen) atoms. The van der Waals surface area contributed by atoms with E-state index in [2.05, 4.69) is 10.3 Å². The van der Waals surface area contributed by atoms with E-state index in [1.54, 1.807) is 25.1 Å². The van der Waals surface area contributed by atoms with Gasteiger partial charge in [-0.25, -0.2) is 13.4 Å². The van der Waals surface area contributed by atoms with Gasteiger partial charge in [0.1, 0.15) is 11.4 Å². The first kappa shape index (κ1) is 18.4. The highest BCUT2D eigenvalue weighted by atomic mass is 32.2. The zero-order valence-corrected chi connectivity index (χ0v) is 14.8. The van der Waals surface area contributed by atoms with Crippen molar-refractivity contribution in [2.45, 2.75) is 32.7 Å². The molecule has 1 aliphatic rings. The molecule has 0 radical (unpaired) electrons. The van der Waals surface area contributed by atoms with Gasteiger partial charge < -0.3 is 10.2 Å². The molecule has 1 fully saturated rings. The molecule has 0 aromatic carbocycles. The fourth-order valence-electron chi connectivity index (χ4n) is 2.75. The van der Waals surface area contributed by atoms with Gasteiger partial charge >= 0.3 is 0 Å². The van der Waals surface area contributed by atoms with Crippen LogP contribution in [-0.2, 0) is 9.84 Å². The predicted octanol–water partition coefficient (Wildman–Crippen LogP) is 0.871. The number of rotatable bonds is 6. The Balaban J connectivity index is 2.17. The highest BCUT2D eigenvalue weighted by Crippen LogP contribution is 2.19. The molecule has 7 nitrogen and oxygen atoms in total. The Morgan fingerprint density at radius 2 is 2.00 bits per heavy atom. The minimum absolute atomic E-state index is 0.0107. The zero-order chi connectivity index (χ0) is 17.7. The molecule has 8 heteroatoms. The van der Waals surface area contributed by atoms with Gasteiger partial charge in [-0.2, -0.15) is 0 Å². The molecule has 1 aromatic heterocycles. The summed E-state index contributed by atoms with van der Waals surface area (Å²) in [4.78, 5) is 30.4. The Bertz CT molecular complexity index is 718. The zero-order valence-electron chi connectivity index (χ0n) is 14.0. The maximum Gasteiger partial charge on any atom is 0.272 e. The lowest BCUT2D eigenvalue weighted by Gasteiger charge is -2.26. The van der Waals surface area contributed by atoms with Crippen LogP contribution in [-0.4, -0.2) is 60.8 Å². The van der Waals surface area contributed by atoms with Crippen LogP contribution >= 0.6 is 0 Å². The molecule has 132 valence electrons. The van der Waals surface area contributed by atoms with Crippen molar-refractivity contribution in [3.8, 4) is 0 Å². The normalized spacial score (nSPS) is 19.0. The quantitative estimate of drug-likeness (QED) is 0.818. The molecule has 1 aliphatic heterocycles. The molecular formula is C16H23N3O4S. The fraction of sp³-hybridized carbons (Fsp3) is 0.562. The second-order valence-electron chi connectivity index (χ2n) is 5.81. The van der Waals surface area contributed by atoms with Gasteiger partial charge in [0, 0.05) is 19.1 Å². The van der Waals surface area contributed by atoms with Crippen molar-refractivity contribution in [2.75, 3.05) is 24.6 Å². The molecule has 2 rings (SSSR count). The van der Waals surface area contributed by atoms with Crippen molar-refractivity contribution in [1.82, 2.24) is 15.2 Å². The van der Waals surface area contributed by atoms with Crippen molar-refractivity contribution in [2.24, 2.45) is 0 Å². The van der Waals surface area contributed by atoms with Crippen LogP contribution in [0.1, 0.15) is 47.7 Å². The number of nitrogens with zero attached hydrogens (tertiary/aromatic N) is 2. The summed E-state index contributed by atoms with van der Waals surface area (Å²) in [6.45, 7) is 4.69. The van der Waals surface area contributed by atoms with Gasteiger partial charge in [0.15, 0.2) is 9.84 Å². The lowest BCUT2D eigenvalue weighted by molar-refractivity contribution is 0.0702. The lowest BCUT2D eigenvalue weighted by Crippen LogP contribution is -2.41. The minimum atomic E-state index is -3.08. The number of carbonyl (C=O) groups is 2. The predicted molar refractivity (Wildman–Crippen MR) is 90.6 cm³/mol. The standard InChI is InChI=1S/C16H23N3O4S/c1-3-9-17-15(20)13-6-5-7-14(18-13)16(21)19(4-2)12-8-10-24(22,23)11-12/h5-7,12H,3-4,8-11H2,1-2H3,(H,17,20). The summed E-state index contributed by atoms with van der Waals surface area (Å²) in [6.07, 6.45) is 1.25. The van der Waals surface area contributed by atoms with E-state index in [9.17, 15) is 18.0 Å². The smallest absolute Gasteiger partial charge is 0.272 e. The second kappa shape index (κ2) is 7.74. The molecule has 0 saturated carbocycles. The molecule has 0 bridgehead atoms. The molecule has 1 N–H and O–H groups in total. The third kappa shape index (κ3) is 4.31. The fourth-order valence-corrected chi connectivity index (χ4v) is 4.48. The summed E-state index contributed by atoms with van der Waals surface area (Å²) in [7, 11) is -3.08. The van der Waals surface area contributed by atoms with E-state index in [0.717, 1.165) is 6.42 Å². The Hall–Kier alpha value is -1.96. The Morgan fingerprint density at radius 1 is 1.29 bits per heavy atom. The maximum atomic E-state index is 12.7. The summed E-state index contributed by atoms with van der Waals surface area (Å²) in [5.74, 6) is -0.569. The number of hydrogen-bond acceptors (Lipinski definition) is 5. The van der Waals surface area contributed by atoms with E-state index in [1.807, 2.05) is 6.92 Å². The number of carbonyl (C=O) groups excluding carboxylic acids is 2. The van der Waals surface area contributed by atoms with Crippen molar-refractivity contribution in [3.05, 3.63) is 29.6 Å². The van der Waals surface area contributed by atoms with Crippen molar-refractivity contribution >= 4 is 21.7 Å². The van der Waals surface area contributed by atoms with Crippen molar-refractivity contribution in [1.29, 1.82) is 0 Å². The first-order chi connectivity index (χ1) is 11.4. The molecule has 0 aliphatic carbocycles. The van der Waals surface area contributed by atoms with Crippen LogP contribution in [0.3, 0.4) is 0 Å². The number of sulfone groups is 1. The van der Waals surface area contributed by atoms with Crippen LogP contribution in [0.5, 0.6) is 0 Å². The molecular weight excluding hydrogens is 330 g/mol. The Morgan fingerprint density at radius 3 is 2.58 bits per heavy atom. The van der Waals surface area contributed by atoms with E-state index >= 15 is 0 Å². The topological polar surface area (TPSA) is 96.4 Å². The molecule has 0 spiro atoms. The number of hydrogen-bond donors (Lipinski definition) is 1. The third-order valence-corrected chi connectivity index (χ3v) is 5.74. The molecule has 1 unspecified atom stereocenters. The van der Waals surface area contributed by atoms with Gasteiger partial charge in [0.25, 0.3) is 11.8 Å². The number of pyridine rings is 1. The average Bonchev–Trinajstić information content (AvgIpc) is 2.93. The van der Waals surface area contributed by atoms with Crippen LogP contribution in [0.2, 0.25) is 0 Å². The summed E-state index contributed by atoms with van der Waals surface area (Å²) in [5.41, 5.74) is 0.342. The molecule has 1 aromatic rings. The van der Waals surface area contributed by atoms with Gasteiger partial charge in [-0.15, -0.1) is 0 Å². The molecule has 1 atom stereocenters. The largest absolute Gasteiger partial charge is 0.351 e. The molecule has 2 amide bonds. The van der Waals surface area contributed by atoms with Gasteiger partial charge in [-0.05, 0) is 31.9 Å². The first-order valence-corrected chi connectivity index (χ1v) is 9.96. The van der Waals surface area contributed by atoms with Gasteiger partial charge in [0.2, 0.25) is 0 Å². The number of amides is 2. The van der Waals surface area contributed by atoms with Gasteiger partial charge in [0.05, 0.1) is 11.5 Å². The summed E-state index contributed by atoms with van der Waals surface area (Å²) < 4.78 is 23.3. The molecule has 1 saturated heterocycles. The van der Waals surface area contributed by atoms with Crippen LogP contribution in [0, 0.1) is 0 Å². The van der Waals surface area contributed by atoms with E-state index in [4.69, 9.17) is 0 Å². The second-order valence-corrected chi connectivity index (χ2v) is 8.04. The number of nitrogens with one attached hydrogen (secondary N) is 1. The van der Waals surface area contributed by atoms with Gasteiger partial charge in [-0.3, -0.25) is 9.59 Å². The highest BCUT2D eigenvalue weighted by molar-refractivity contribution is 7.91. The third-order valence-electron chi connectivity index (χ3n) is 3.99. The van der Waals surface area contributed by atoms with Crippen LogP contribution in [0.25, 0.3) is 0 Å². The van der Waals surface area contributed by atoms with Crippen LogP contribution in [0.15, 0.2) is 18.2 Å². The minimum Gasteiger partial charge on any atom is -0.351 e. The van der Waals surface area contributed by atoms with E-state index in [1.165, 1.54) is 4.90 Å². The van der Waals surface area contributed by atoms with Gasteiger partial charge in [-0.1, -0.05) is 13.0 Å². The Kier molecular flexibility index (Phi) is 5.93. The van der Waals surface area contributed by atoms with E-state index in [-0.39, 0.29) is 40.7 Å². The SMILES string of the molecule is CCCNC(=O)c1cccc(C(=O)N(CC)C2CCS(=O)(=O)C2)n1. The molecule has 2 heterocycles. The monoisotopic (exact) mass is 353 g/mol. The van der Waals surface area contributed by atoms with Crippen LogP contribution in [0.4, 0.5) is 0 Å². The van der Waals surface area contributed by atoms with Crippen molar-refractivity contribution < 1.29 is 18.0 Å². The summed E-state index contributed by atoms with van der Waals surface area (Å²) in [5, 5.41) is 2.72. The Labute approximate surface area is 142 Å². The highest BCUT2D eigenvalue weighted by Gasteiger charge is 2.34. The van der Waals surface area contributed by atoms with Crippen LogP contribution < -0.4 is 5.32 Å². The van der Waals surface area contributed by atoms with Crippen molar-refractivity contribution in [3.63, 3.8) is 0 Å². The lowest BCUT2D eigenvalue weighted by atomic mass is 10.2. The van der Waals surface area contributed by atoms with E-state index < -0.39 is 9.84 Å². The average molecular weight is 353 g/mol. The number of aromatic nitrogens is 1.